The highest BCUT2D eigenvalue weighted by molar-refractivity contribution is 5.94. The van der Waals surface area contributed by atoms with Gasteiger partial charge < -0.3 is 20.5 Å². The minimum atomic E-state index is -1.08. The summed E-state index contributed by atoms with van der Waals surface area (Å²) in [6.45, 7) is 1.71. The number of aromatic nitrogens is 3. The molecule has 3 heterocycles. The second-order valence-electron chi connectivity index (χ2n) is 6.94. The zero-order valence-electron chi connectivity index (χ0n) is 15.8. The molecule has 0 amide bonds. The predicted octanol–water partition coefficient (Wildman–Crippen LogP) is 2.64. The third-order valence-electron chi connectivity index (χ3n) is 5.07. The average molecular weight is 399 g/mol. The zero-order chi connectivity index (χ0) is 20.4. The fourth-order valence-electron chi connectivity index (χ4n) is 3.71. The Morgan fingerprint density at radius 1 is 1.38 bits per heavy atom. The number of nitrogens with zero attached hydrogens (tertiary/aromatic N) is 4. The number of benzene rings is 1. The molecule has 0 spiro atoms. The molecule has 0 aliphatic carbocycles. The molecule has 0 bridgehead atoms. The first-order valence-electron chi connectivity index (χ1n) is 9.55. The molecule has 2 aromatic heterocycles. The number of carboxylic acid groups (broad SMARTS) is 1. The number of rotatable bonds is 7. The molecule has 1 atom stereocenters. The number of hydrogen-bond acceptors (Lipinski definition) is 6. The molecular weight excluding hydrogens is 377 g/mol. The lowest BCUT2D eigenvalue weighted by molar-refractivity contribution is 0.0698. The van der Waals surface area contributed by atoms with Crippen molar-refractivity contribution in [1.82, 2.24) is 14.6 Å². The molecule has 1 fully saturated rings. The van der Waals surface area contributed by atoms with Gasteiger partial charge in [0.25, 0.3) is 0 Å². The normalized spacial score (nSPS) is 16.5. The van der Waals surface area contributed by atoms with Gasteiger partial charge in [0, 0.05) is 18.3 Å². The Morgan fingerprint density at radius 2 is 2.24 bits per heavy atom. The van der Waals surface area contributed by atoms with E-state index in [1.807, 2.05) is 0 Å². The zero-order valence-corrected chi connectivity index (χ0v) is 15.8. The van der Waals surface area contributed by atoms with Crippen LogP contribution < -0.4 is 15.4 Å². The standard InChI is InChI=1S/C20H22FN5O3/c21-13-4-5-17(29-10-2-7-22)14(11-13)16-3-1-8-25(16)18-6-9-26-19(24-18)15(12-23-26)20(27)28/h4-6,9,11-12,16H,1-3,7-8,10,22H2,(H,27,28). The van der Waals surface area contributed by atoms with Crippen molar-refractivity contribution in [3.8, 4) is 5.75 Å². The van der Waals surface area contributed by atoms with Gasteiger partial charge in [-0.25, -0.2) is 18.7 Å². The minimum Gasteiger partial charge on any atom is -0.493 e. The number of nitrogens with two attached hydrogens (primary N) is 1. The summed E-state index contributed by atoms with van der Waals surface area (Å²) in [4.78, 5) is 18.0. The van der Waals surface area contributed by atoms with Crippen LogP contribution in [-0.4, -0.2) is 45.4 Å². The molecule has 9 heteroatoms. The van der Waals surface area contributed by atoms with E-state index in [1.165, 1.54) is 22.8 Å². The van der Waals surface area contributed by atoms with Gasteiger partial charge in [-0.15, -0.1) is 0 Å². The van der Waals surface area contributed by atoms with Crippen molar-refractivity contribution in [2.45, 2.75) is 25.3 Å². The number of fused-ring (bicyclic) bond motifs is 1. The number of carboxylic acids is 1. The Balaban J connectivity index is 1.70. The number of anilines is 1. The van der Waals surface area contributed by atoms with Crippen LogP contribution in [0.2, 0.25) is 0 Å². The second-order valence-corrected chi connectivity index (χ2v) is 6.94. The monoisotopic (exact) mass is 399 g/mol. The smallest absolute Gasteiger partial charge is 0.341 e. The van der Waals surface area contributed by atoms with Gasteiger partial charge in [0.05, 0.1) is 18.8 Å². The molecule has 1 unspecified atom stereocenters. The largest absolute Gasteiger partial charge is 0.493 e. The van der Waals surface area contributed by atoms with Crippen molar-refractivity contribution < 1.29 is 19.0 Å². The molecule has 29 heavy (non-hydrogen) atoms. The van der Waals surface area contributed by atoms with Crippen LogP contribution in [-0.2, 0) is 0 Å². The van der Waals surface area contributed by atoms with E-state index in [4.69, 9.17) is 10.5 Å². The van der Waals surface area contributed by atoms with Gasteiger partial charge in [0.1, 0.15) is 22.9 Å². The summed E-state index contributed by atoms with van der Waals surface area (Å²) in [5.74, 6) is -0.151. The summed E-state index contributed by atoms with van der Waals surface area (Å²) in [5.41, 5.74) is 6.62. The Morgan fingerprint density at radius 3 is 3.03 bits per heavy atom. The van der Waals surface area contributed by atoms with Gasteiger partial charge in [-0.05, 0) is 50.1 Å². The van der Waals surface area contributed by atoms with Gasteiger partial charge in [-0.3, -0.25) is 0 Å². The van der Waals surface area contributed by atoms with Gasteiger partial charge >= 0.3 is 5.97 Å². The van der Waals surface area contributed by atoms with E-state index in [2.05, 4.69) is 15.0 Å². The maximum absolute atomic E-state index is 14.0. The van der Waals surface area contributed by atoms with Crippen LogP contribution in [0.15, 0.2) is 36.7 Å². The van der Waals surface area contributed by atoms with Crippen LogP contribution in [0.5, 0.6) is 5.75 Å². The number of carbonyl (C=O) groups is 1. The summed E-state index contributed by atoms with van der Waals surface area (Å²) >= 11 is 0. The SMILES string of the molecule is NCCCOc1ccc(F)cc1C1CCCN1c1ccn2ncc(C(=O)O)c2n1. The highest BCUT2D eigenvalue weighted by Crippen LogP contribution is 2.39. The van der Waals surface area contributed by atoms with E-state index >= 15 is 0 Å². The molecule has 1 aromatic carbocycles. The molecule has 0 saturated carbocycles. The molecular formula is C20H22FN5O3. The summed E-state index contributed by atoms with van der Waals surface area (Å²) in [6.07, 6.45) is 5.40. The van der Waals surface area contributed by atoms with Crippen molar-refractivity contribution in [1.29, 1.82) is 0 Å². The fraction of sp³-hybridized carbons (Fsp3) is 0.350. The van der Waals surface area contributed by atoms with E-state index < -0.39 is 5.97 Å². The Labute approximate surface area is 166 Å². The molecule has 152 valence electrons. The number of halogens is 1. The Kier molecular flexibility index (Phi) is 5.30. The molecule has 1 saturated heterocycles. The molecule has 1 aliphatic rings. The van der Waals surface area contributed by atoms with Crippen LogP contribution in [0.4, 0.5) is 10.2 Å². The predicted molar refractivity (Wildman–Crippen MR) is 105 cm³/mol. The van der Waals surface area contributed by atoms with E-state index in [1.54, 1.807) is 18.3 Å². The number of ether oxygens (including phenoxy) is 1. The third-order valence-corrected chi connectivity index (χ3v) is 5.07. The van der Waals surface area contributed by atoms with E-state index in [0.717, 1.165) is 24.9 Å². The average Bonchev–Trinajstić information content (AvgIpc) is 3.35. The first-order chi connectivity index (χ1) is 14.1. The van der Waals surface area contributed by atoms with E-state index in [-0.39, 0.29) is 23.1 Å². The molecule has 1 aliphatic heterocycles. The Bertz CT molecular complexity index is 1040. The number of aromatic carboxylic acids is 1. The van der Waals surface area contributed by atoms with Gasteiger partial charge in [-0.2, -0.15) is 5.10 Å². The first kappa shape index (κ1) is 19.1. The maximum Gasteiger partial charge on any atom is 0.341 e. The topological polar surface area (TPSA) is 106 Å². The maximum atomic E-state index is 14.0. The minimum absolute atomic E-state index is 0.0409. The van der Waals surface area contributed by atoms with E-state index in [0.29, 0.717) is 31.1 Å². The molecule has 3 aromatic rings. The van der Waals surface area contributed by atoms with Crippen molar-refractivity contribution in [3.05, 3.63) is 53.6 Å². The van der Waals surface area contributed by atoms with E-state index in [9.17, 15) is 14.3 Å². The lowest BCUT2D eigenvalue weighted by Crippen LogP contribution is -2.24. The molecule has 0 radical (unpaired) electrons. The van der Waals surface area contributed by atoms with Crippen LogP contribution in [0.25, 0.3) is 5.65 Å². The molecule has 3 N–H and O–H groups in total. The van der Waals surface area contributed by atoms with Crippen LogP contribution in [0.3, 0.4) is 0 Å². The van der Waals surface area contributed by atoms with Crippen LogP contribution in [0, 0.1) is 5.82 Å². The highest BCUT2D eigenvalue weighted by Gasteiger charge is 2.30. The van der Waals surface area contributed by atoms with Crippen molar-refractivity contribution in [3.63, 3.8) is 0 Å². The fourth-order valence-corrected chi connectivity index (χ4v) is 3.71. The lowest BCUT2D eigenvalue weighted by atomic mass is 10.0. The Hall–Kier alpha value is -3.20. The first-order valence-corrected chi connectivity index (χ1v) is 9.55. The second kappa shape index (κ2) is 8.04. The van der Waals surface area contributed by atoms with Crippen molar-refractivity contribution >= 4 is 17.4 Å². The van der Waals surface area contributed by atoms with Crippen molar-refractivity contribution in [2.24, 2.45) is 5.73 Å². The quantitative estimate of drug-likeness (QED) is 0.588. The van der Waals surface area contributed by atoms with Crippen LogP contribution >= 0.6 is 0 Å². The van der Waals surface area contributed by atoms with Crippen LogP contribution in [0.1, 0.15) is 41.2 Å². The highest BCUT2D eigenvalue weighted by atomic mass is 19.1. The summed E-state index contributed by atoms with van der Waals surface area (Å²) in [7, 11) is 0. The third kappa shape index (κ3) is 3.73. The summed E-state index contributed by atoms with van der Waals surface area (Å²) < 4.78 is 21.3. The van der Waals surface area contributed by atoms with Gasteiger partial charge in [0.15, 0.2) is 5.65 Å². The lowest BCUT2D eigenvalue weighted by Gasteiger charge is -2.27. The number of hydrogen-bond donors (Lipinski definition) is 2. The molecule has 8 nitrogen and oxygen atoms in total. The summed E-state index contributed by atoms with van der Waals surface area (Å²) in [6, 6.07) is 6.20. The van der Waals surface area contributed by atoms with Gasteiger partial charge in [0.2, 0.25) is 0 Å². The summed E-state index contributed by atoms with van der Waals surface area (Å²) in [5, 5.41) is 13.4. The van der Waals surface area contributed by atoms with Crippen molar-refractivity contribution in [2.75, 3.05) is 24.6 Å². The molecule has 4 rings (SSSR count). The van der Waals surface area contributed by atoms with Gasteiger partial charge in [-0.1, -0.05) is 0 Å².